The minimum Gasteiger partial charge on any atom is -0.487 e. The maximum absolute atomic E-state index is 10.8. The van der Waals surface area contributed by atoms with Crippen LogP contribution in [0.25, 0.3) is 0 Å². The molecule has 0 aliphatic rings. The molecule has 0 amide bonds. The van der Waals surface area contributed by atoms with Crippen LogP contribution in [0.2, 0.25) is 0 Å². The van der Waals surface area contributed by atoms with Gasteiger partial charge in [-0.2, -0.15) is 0 Å². The van der Waals surface area contributed by atoms with E-state index in [1.807, 2.05) is 0 Å². The second-order valence-electron chi connectivity index (χ2n) is 4.31. The predicted octanol–water partition coefficient (Wildman–Crippen LogP) is 2.58. The van der Waals surface area contributed by atoms with Gasteiger partial charge in [-0.1, -0.05) is 6.07 Å². The summed E-state index contributed by atoms with van der Waals surface area (Å²) in [6.45, 7) is 1.78. The number of carboxylic acids is 1. The van der Waals surface area contributed by atoms with Gasteiger partial charge in [-0.3, -0.25) is 10.1 Å². The number of hydrogen-bond acceptors (Lipinski definition) is 5. The minimum absolute atomic E-state index is 0.00847. The number of rotatable bonds is 5. The van der Waals surface area contributed by atoms with Gasteiger partial charge in [-0.05, 0) is 30.7 Å². The predicted molar refractivity (Wildman–Crippen MR) is 73.4 cm³/mol. The minimum atomic E-state index is -1.11. The molecule has 21 heavy (non-hydrogen) atoms. The largest absolute Gasteiger partial charge is 0.487 e. The molecule has 0 aliphatic heterocycles. The SMILES string of the molecule is Cc1cc([N+](=O)[O-])ccc1OCc1cccc(C(=O)O)n1. The van der Waals surface area contributed by atoms with Gasteiger partial charge >= 0.3 is 5.97 Å². The highest BCUT2D eigenvalue weighted by Gasteiger charge is 2.10. The van der Waals surface area contributed by atoms with Crippen molar-refractivity contribution in [3.63, 3.8) is 0 Å². The number of ether oxygens (including phenoxy) is 1. The van der Waals surface area contributed by atoms with Crippen LogP contribution in [-0.4, -0.2) is 21.0 Å². The molecule has 7 heteroatoms. The molecule has 1 heterocycles. The molecule has 0 aliphatic carbocycles. The van der Waals surface area contributed by atoms with Gasteiger partial charge < -0.3 is 9.84 Å². The molecule has 2 rings (SSSR count). The van der Waals surface area contributed by atoms with Crippen molar-refractivity contribution in [2.24, 2.45) is 0 Å². The summed E-state index contributed by atoms with van der Waals surface area (Å²) in [7, 11) is 0. The van der Waals surface area contributed by atoms with Crippen LogP contribution < -0.4 is 4.74 Å². The third-order valence-electron chi connectivity index (χ3n) is 2.77. The van der Waals surface area contributed by atoms with Crippen molar-refractivity contribution in [2.75, 3.05) is 0 Å². The van der Waals surface area contributed by atoms with E-state index in [1.165, 1.54) is 24.3 Å². The fourth-order valence-corrected chi connectivity index (χ4v) is 1.74. The molecule has 1 N–H and O–H groups in total. The lowest BCUT2D eigenvalue weighted by Gasteiger charge is -2.08. The third-order valence-corrected chi connectivity index (χ3v) is 2.77. The normalized spacial score (nSPS) is 10.1. The van der Waals surface area contributed by atoms with Crippen LogP contribution >= 0.6 is 0 Å². The zero-order valence-electron chi connectivity index (χ0n) is 11.1. The van der Waals surface area contributed by atoms with E-state index in [0.29, 0.717) is 17.0 Å². The number of benzene rings is 1. The molecule has 1 aromatic carbocycles. The van der Waals surface area contributed by atoms with Crippen molar-refractivity contribution in [3.8, 4) is 5.75 Å². The monoisotopic (exact) mass is 288 g/mol. The first-order chi connectivity index (χ1) is 9.97. The van der Waals surface area contributed by atoms with E-state index >= 15 is 0 Å². The molecular weight excluding hydrogens is 276 g/mol. The van der Waals surface area contributed by atoms with E-state index in [9.17, 15) is 14.9 Å². The summed E-state index contributed by atoms with van der Waals surface area (Å²) in [4.78, 5) is 24.9. The Balaban J connectivity index is 2.11. The van der Waals surface area contributed by atoms with Crippen molar-refractivity contribution in [2.45, 2.75) is 13.5 Å². The van der Waals surface area contributed by atoms with Gasteiger partial charge in [0.15, 0.2) is 0 Å². The lowest BCUT2D eigenvalue weighted by Crippen LogP contribution is -2.05. The van der Waals surface area contributed by atoms with Crippen LogP contribution in [0.3, 0.4) is 0 Å². The van der Waals surface area contributed by atoms with Crippen LogP contribution in [0, 0.1) is 17.0 Å². The molecule has 0 bridgehead atoms. The quantitative estimate of drug-likeness (QED) is 0.670. The van der Waals surface area contributed by atoms with Gasteiger partial charge in [0.2, 0.25) is 0 Å². The summed E-state index contributed by atoms with van der Waals surface area (Å²) in [5.41, 5.74) is 1.02. The highest BCUT2D eigenvalue weighted by molar-refractivity contribution is 5.85. The Morgan fingerprint density at radius 1 is 1.38 bits per heavy atom. The highest BCUT2D eigenvalue weighted by Crippen LogP contribution is 2.23. The van der Waals surface area contributed by atoms with Gasteiger partial charge in [0.1, 0.15) is 18.1 Å². The highest BCUT2D eigenvalue weighted by atomic mass is 16.6. The molecule has 2 aromatic rings. The molecule has 0 saturated heterocycles. The smallest absolute Gasteiger partial charge is 0.354 e. The van der Waals surface area contributed by atoms with E-state index in [2.05, 4.69) is 4.98 Å². The Kier molecular flexibility index (Phi) is 4.13. The van der Waals surface area contributed by atoms with Gasteiger partial charge in [-0.15, -0.1) is 0 Å². The Labute approximate surface area is 120 Å². The van der Waals surface area contributed by atoms with Gasteiger partial charge in [-0.25, -0.2) is 9.78 Å². The van der Waals surface area contributed by atoms with Crippen LogP contribution in [-0.2, 0) is 6.61 Å². The molecule has 0 atom stereocenters. The van der Waals surface area contributed by atoms with Crippen LogP contribution in [0.5, 0.6) is 5.75 Å². The Bertz CT molecular complexity index is 700. The van der Waals surface area contributed by atoms with Crippen LogP contribution in [0.15, 0.2) is 36.4 Å². The Morgan fingerprint density at radius 3 is 2.76 bits per heavy atom. The number of pyridine rings is 1. The van der Waals surface area contributed by atoms with Gasteiger partial charge in [0.05, 0.1) is 10.6 Å². The number of non-ortho nitro benzene ring substituents is 1. The first kappa shape index (κ1) is 14.4. The van der Waals surface area contributed by atoms with E-state index < -0.39 is 10.9 Å². The molecule has 7 nitrogen and oxygen atoms in total. The molecule has 0 spiro atoms. The van der Waals surface area contributed by atoms with Crippen molar-refractivity contribution >= 4 is 11.7 Å². The van der Waals surface area contributed by atoms with Gasteiger partial charge in [0, 0.05) is 12.1 Å². The number of carbonyl (C=O) groups is 1. The summed E-state index contributed by atoms with van der Waals surface area (Å²) in [6, 6.07) is 8.89. The summed E-state index contributed by atoms with van der Waals surface area (Å²) < 4.78 is 5.51. The first-order valence-electron chi connectivity index (χ1n) is 6.04. The second-order valence-corrected chi connectivity index (χ2v) is 4.31. The number of aromatic nitrogens is 1. The second kappa shape index (κ2) is 6.00. The standard InChI is InChI=1S/C14H12N2O5/c1-9-7-11(16(19)20)5-6-13(9)21-8-10-3-2-4-12(15-10)14(17)18/h2-7H,8H2,1H3,(H,17,18). The summed E-state index contributed by atoms with van der Waals surface area (Å²) in [5, 5.41) is 19.5. The molecule has 0 unspecified atom stereocenters. The van der Waals surface area contributed by atoms with Crippen LogP contribution in [0.4, 0.5) is 5.69 Å². The average Bonchev–Trinajstić information content (AvgIpc) is 2.46. The Morgan fingerprint density at radius 2 is 2.14 bits per heavy atom. The van der Waals surface area contributed by atoms with Crippen molar-refractivity contribution < 1.29 is 19.6 Å². The zero-order chi connectivity index (χ0) is 15.4. The van der Waals surface area contributed by atoms with Gasteiger partial charge in [0.25, 0.3) is 5.69 Å². The van der Waals surface area contributed by atoms with E-state index in [4.69, 9.17) is 9.84 Å². The lowest BCUT2D eigenvalue weighted by atomic mass is 10.2. The first-order valence-corrected chi connectivity index (χ1v) is 6.04. The van der Waals surface area contributed by atoms with E-state index in [1.54, 1.807) is 19.1 Å². The van der Waals surface area contributed by atoms with E-state index in [-0.39, 0.29) is 18.0 Å². The summed E-state index contributed by atoms with van der Waals surface area (Å²) in [5.74, 6) is -0.619. The molecule has 0 saturated carbocycles. The molecule has 1 aromatic heterocycles. The third kappa shape index (κ3) is 3.53. The number of aryl methyl sites for hydroxylation is 1. The number of nitro benzene ring substituents is 1. The zero-order valence-corrected chi connectivity index (χ0v) is 11.1. The number of hydrogen-bond donors (Lipinski definition) is 1. The van der Waals surface area contributed by atoms with Crippen molar-refractivity contribution in [3.05, 3.63) is 63.5 Å². The number of aromatic carboxylic acids is 1. The number of nitro groups is 1. The fraction of sp³-hybridized carbons (Fsp3) is 0.143. The van der Waals surface area contributed by atoms with Crippen molar-refractivity contribution in [1.29, 1.82) is 0 Å². The molecular formula is C14H12N2O5. The van der Waals surface area contributed by atoms with Crippen molar-refractivity contribution in [1.82, 2.24) is 4.98 Å². The molecule has 108 valence electrons. The number of carboxylic acid groups (broad SMARTS) is 1. The van der Waals surface area contributed by atoms with E-state index in [0.717, 1.165) is 0 Å². The average molecular weight is 288 g/mol. The summed E-state index contributed by atoms with van der Waals surface area (Å²) in [6.07, 6.45) is 0. The maximum Gasteiger partial charge on any atom is 0.354 e. The fourth-order valence-electron chi connectivity index (χ4n) is 1.74. The maximum atomic E-state index is 10.8. The number of nitrogens with zero attached hydrogens (tertiary/aromatic N) is 2. The molecule has 0 radical (unpaired) electrons. The van der Waals surface area contributed by atoms with Crippen LogP contribution in [0.1, 0.15) is 21.7 Å². The Hall–Kier alpha value is -2.96. The topological polar surface area (TPSA) is 103 Å². The summed E-state index contributed by atoms with van der Waals surface area (Å²) >= 11 is 0. The lowest BCUT2D eigenvalue weighted by molar-refractivity contribution is -0.384. The molecule has 0 fully saturated rings.